The van der Waals surface area contributed by atoms with Gasteiger partial charge in [0.25, 0.3) is 0 Å². The van der Waals surface area contributed by atoms with Crippen LogP contribution in [0.4, 0.5) is 0 Å². The molecule has 1 heterocycles. The molecule has 0 N–H and O–H groups in total. The molecule has 0 bridgehead atoms. The largest absolute Gasteiger partial charge is 0.249 e. The Morgan fingerprint density at radius 1 is 1.60 bits per heavy atom. The van der Waals surface area contributed by atoms with Gasteiger partial charge in [-0.2, -0.15) is 4.75 Å². The van der Waals surface area contributed by atoms with Crippen LogP contribution in [0.15, 0.2) is 0 Å². The van der Waals surface area contributed by atoms with Crippen LogP contribution in [0, 0.1) is 0 Å². The Morgan fingerprint density at radius 2 is 2.40 bits per heavy atom. The molecule has 3 nitrogen and oxygen atoms in total. The third kappa shape index (κ3) is 1.77. The molecule has 0 radical (unpaired) electrons. The van der Waals surface area contributed by atoms with Crippen molar-refractivity contribution in [2.24, 2.45) is 7.05 Å². The highest BCUT2D eigenvalue weighted by molar-refractivity contribution is 7.20. The van der Waals surface area contributed by atoms with Crippen molar-refractivity contribution in [2.75, 3.05) is 0 Å². The van der Waals surface area contributed by atoms with Gasteiger partial charge in [-0.15, -0.1) is 4.86 Å². The van der Waals surface area contributed by atoms with Gasteiger partial charge < -0.3 is 0 Å². The van der Waals surface area contributed by atoms with E-state index in [2.05, 4.69) is 16.5 Å². The molecule has 1 aromatic heterocycles. The Kier molecular flexibility index (Phi) is 2.82. The molecule has 1 rings (SSSR count). The molecule has 0 unspecified atom stereocenters. The van der Waals surface area contributed by atoms with Gasteiger partial charge in [0.1, 0.15) is 5.82 Å². The first kappa shape index (κ1) is 7.67. The summed E-state index contributed by atoms with van der Waals surface area (Å²) in [6.45, 7) is 2.18. The van der Waals surface area contributed by atoms with Crippen LogP contribution >= 0.6 is 8.51 Å². The van der Waals surface area contributed by atoms with E-state index in [9.17, 15) is 0 Å². The zero-order valence-corrected chi connectivity index (χ0v) is 7.30. The van der Waals surface area contributed by atoms with Crippen LogP contribution in [0.5, 0.6) is 0 Å². The van der Waals surface area contributed by atoms with Gasteiger partial charge in [0, 0.05) is 13.5 Å². The van der Waals surface area contributed by atoms with Crippen LogP contribution in [-0.2, 0) is 13.5 Å². The summed E-state index contributed by atoms with van der Waals surface area (Å²) in [5.41, 5.74) is 0. The maximum absolute atomic E-state index is 4.20. The first-order valence-electron chi connectivity index (χ1n) is 3.56. The summed E-state index contributed by atoms with van der Waals surface area (Å²) >= 11 is 0. The molecule has 0 saturated heterocycles. The molecule has 0 aliphatic heterocycles. The zero-order valence-electron chi connectivity index (χ0n) is 6.41. The second-order valence-corrected chi connectivity index (χ2v) is 2.88. The number of unbranched alkanes of at least 4 members (excludes halogenated alkanes) is 1. The van der Waals surface area contributed by atoms with Gasteiger partial charge in [-0.25, -0.2) is 4.68 Å². The molecule has 0 saturated carbocycles. The quantitative estimate of drug-likeness (QED) is 0.669. The molecule has 0 amide bonds. The smallest absolute Gasteiger partial charge is 0.177 e. The molecule has 0 atom stereocenters. The predicted molar refractivity (Wildman–Crippen MR) is 42.1 cm³/mol. The van der Waals surface area contributed by atoms with Crippen LogP contribution in [0.3, 0.4) is 0 Å². The molecule has 0 aliphatic rings. The molecule has 0 fully saturated rings. The number of hydrogen-bond acceptors (Lipinski definition) is 2. The first-order chi connectivity index (χ1) is 4.84. The standard InChI is InChI=1S/C6H12N3P/c1-3-4-5-6-7-10-8-9(6)2/h3-5H2,1-2H3. The highest BCUT2D eigenvalue weighted by Gasteiger charge is 1.97. The van der Waals surface area contributed by atoms with Crippen molar-refractivity contribution in [1.82, 2.24) is 14.3 Å². The lowest BCUT2D eigenvalue weighted by atomic mass is 10.2. The van der Waals surface area contributed by atoms with Gasteiger partial charge in [0.05, 0.1) is 0 Å². The Bertz CT molecular complexity index is 197. The molecule has 0 aromatic carbocycles. The van der Waals surface area contributed by atoms with Gasteiger partial charge in [-0.3, -0.25) is 0 Å². The highest BCUT2D eigenvalue weighted by atomic mass is 31.1. The Labute approximate surface area is 62.7 Å². The van der Waals surface area contributed by atoms with Crippen molar-refractivity contribution in [1.29, 1.82) is 0 Å². The molecule has 0 spiro atoms. The number of hydrogen-bond donors (Lipinski definition) is 0. The predicted octanol–water partition coefficient (Wildman–Crippen LogP) is 1.74. The topological polar surface area (TPSA) is 30.7 Å². The Balaban J connectivity index is 2.49. The summed E-state index contributed by atoms with van der Waals surface area (Å²) in [5.74, 6) is 1.13. The van der Waals surface area contributed by atoms with E-state index in [-0.39, 0.29) is 0 Å². The van der Waals surface area contributed by atoms with Crippen molar-refractivity contribution >= 4 is 8.51 Å². The third-order valence-corrected chi connectivity index (χ3v) is 2.13. The number of rotatable bonds is 3. The van der Waals surface area contributed by atoms with E-state index in [0.717, 1.165) is 20.8 Å². The lowest BCUT2D eigenvalue weighted by molar-refractivity contribution is 0.667. The van der Waals surface area contributed by atoms with Crippen LogP contribution in [-0.4, -0.2) is 14.3 Å². The molecular formula is C6H12N3P. The van der Waals surface area contributed by atoms with Crippen molar-refractivity contribution in [3.63, 3.8) is 0 Å². The second kappa shape index (κ2) is 3.67. The lowest BCUT2D eigenvalue weighted by Crippen LogP contribution is -1.98. The molecule has 0 aliphatic carbocycles. The maximum Gasteiger partial charge on any atom is 0.177 e. The number of aromatic nitrogens is 3. The minimum absolute atomic E-state index is 0.850. The van der Waals surface area contributed by atoms with Gasteiger partial charge in [-0.1, -0.05) is 13.3 Å². The van der Waals surface area contributed by atoms with Crippen LogP contribution in [0.1, 0.15) is 25.6 Å². The molecular weight excluding hydrogens is 145 g/mol. The van der Waals surface area contributed by atoms with Crippen LogP contribution in [0.25, 0.3) is 0 Å². The Hall–Kier alpha value is -0.430. The zero-order chi connectivity index (χ0) is 7.40. The van der Waals surface area contributed by atoms with E-state index in [0.29, 0.717) is 0 Å². The summed E-state index contributed by atoms with van der Waals surface area (Å²) in [7, 11) is 2.80. The van der Waals surface area contributed by atoms with Gasteiger partial charge >= 0.3 is 0 Å². The normalized spacial score (nSPS) is 11.0. The number of aryl methyl sites for hydroxylation is 2. The minimum Gasteiger partial charge on any atom is -0.249 e. The van der Waals surface area contributed by atoms with Crippen molar-refractivity contribution in [3.8, 4) is 0 Å². The summed E-state index contributed by atoms with van der Waals surface area (Å²) in [4.78, 5) is 4.07. The third-order valence-electron chi connectivity index (χ3n) is 1.46. The number of nitrogens with zero attached hydrogens (tertiary/aromatic N) is 3. The van der Waals surface area contributed by atoms with E-state index < -0.39 is 0 Å². The molecule has 10 heavy (non-hydrogen) atoms. The maximum atomic E-state index is 4.20. The summed E-state index contributed by atoms with van der Waals surface area (Å²) < 4.78 is 6.07. The molecule has 4 heteroatoms. The highest BCUT2D eigenvalue weighted by Crippen LogP contribution is 2.03. The summed E-state index contributed by atoms with van der Waals surface area (Å²) in [6, 6.07) is 0. The molecule has 1 aromatic rings. The molecule has 56 valence electrons. The fourth-order valence-corrected chi connectivity index (χ4v) is 1.39. The van der Waals surface area contributed by atoms with E-state index in [4.69, 9.17) is 0 Å². The van der Waals surface area contributed by atoms with Crippen LogP contribution < -0.4 is 0 Å². The fourth-order valence-electron chi connectivity index (χ4n) is 0.795. The van der Waals surface area contributed by atoms with Crippen LogP contribution in [0.2, 0.25) is 0 Å². The van der Waals surface area contributed by atoms with Gasteiger partial charge in [0.2, 0.25) is 0 Å². The second-order valence-electron chi connectivity index (χ2n) is 2.32. The van der Waals surface area contributed by atoms with Gasteiger partial charge in [0.15, 0.2) is 8.51 Å². The monoisotopic (exact) mass is 157 g/mol. The van der Waals surface area contributed by atoms with E-state index in [1.54, 1.807) is 0 Å². The van der Waals surface area contributed by atoms with E-state index in [1.165, 1.54) is 12.8 Å². The Morgan fingerprint density at radius 3 is 2.90 bits per heavy atom. The summed E-state index contributed by atoms with van der Waals surface area (Å²) in [6.07, 6.45) is 3.52. The fraction of sp³-hybridized carbons (Fsp3) is 0.833. The lowest BCUT2D eigenvalue weighted by Gasteiger charge is -1.95. The summed E-state index contributed by atoms with van der Waals surface area (Å²) in [5, 5.41) is 0. The first-order valence-corrected chi connectivity index (χ1v) is 4.36. The van der Waals surface area contributed by atoms with Crippen molar-refractivity contribution < 1.29 is 0 Å². The minimum atomic E-state index is 0.850. The van der Waals surface area contributed by atoms with Crippen molar-refractivity contribution in [2.45, 2.75) is 26.2 Å². The van der Waals surface area contributed by atoms with Gasteiger partial charge in [-0.05, 0) is 6.42 Å². The van der Waals surface area contributed by atoms with E-state index in [1.807, 2.05) is 11.7 Å². The van der Waals surface area contributed by atoms with E-state index >= 15 is 0 Å². The average Bonchev–Trinajstić information content (AvgIpc) is 2.31. The average molecular weight is 157 g/mol. The van der Waals surface area contributed by atoms with Crippen molar-refractivity contribution in [3.05, 3.63) is 5.82 Å². The SMILES string of the molecule is CCCCc1npnn1C.